The Bertz CT molecular complexity index is 591. The third kappa shape index (κ3) is 3.92. The van der Waals surface area contributed by atoms with Crippen LogP contribution >= 0.6 is 0 Å². The molecule has 3 aliphatic rings. The van der Waals surface area contributed by atoms with Crippen molar-refractivity contribution >= 4 is 6.03 Å². The van der Waals surface area contributed by atoms with Gasteiger partial charge in [0.2, 0.25) is 0 Å². The first-order valence-corrected chi connectivity index (χ1v) is 9.66. The molecule has 4 rings (SSSR count). The molecule has 0 spiro atoms. The third-order valence-corrected chi connectivity index (χ3v) is 5.98. The topological polar surface area (TPSA) is 44.8 Å². The zero-order chi connectivity index (χ0) is 17.2. The summed E-state index contributed by atoms with van der Waals surface area (Å²) in [6, 6.07) is 9.58. The Morgan fingerprint density at radius 2 is 1.76 bits per heavy atom. The lowest BCUT2D eigenvalue weighted by molar-refractivity contribution is 0.173. The molecule has 3 fully saturated rings. The van der Waals surface area contributed by atoms with Crippen molar-refractivity contribution in [3.8, 4) is 5.75 Å². The normalized spacial score (nSPS) is 25.2. The van der Waals surface area contributed by atoms with Gasteiger partial charge in [0.05, 0.1) is 7.11 Å². The molecule has 1 aromatic carbocycles. The van der Waals surface area contributed by atoms with E-state index in [0.717, 1.165) is 57.2 Å². The minimum Gasteiger partial charge on any atom is -0.497 e. The van der Waals surface area contributed by atoms with Gasteiger partial charge in [-0.1, -0.05) is 12.1 Å². The van der Waals surface area contributed by atoms with Crippen LogP contribution in [0.25, 0.3) is 0 Å². The van der Waals surface area contributed by atoms with E-state index in [1.807, 2.05) is 17.0 Å². The van der Waals surface area contributed by atoms with Gasteiger partial charge >= 0.3 is 6.03 Å². The van der Waals surface area contributed by atoms with Crippen molar-refractivity contribution in [2.24, 2.45) is 0 Å². The quantitative estimate of drug-likeness (QED) is 0.914. The van der Waals surface area contributed by atoms with Crippen molar-refractivity contribution in [2.45, 2.75) is 50.1 Å². The van der Waals surface area contributed by atoms with Crippen molar-refractivity contribution in [3.63, 3.8) is 0 Å². The van der Waals surface area contributed by atoms with Gasteiger partial charge in [-0.2, -0.15) is 0 Å². The van der Waals surface area contributed by atoms with Gasteiger partial charge in [-0.15, -0.1) is 0 Å². The Kier molecular flexibility index (Phi) is 4.84. The zero-order valence-electron chi connectivity index (χ0n) is 15.1. The molecule has 2 heterocycles. The summed E-state index contributed by atoms with van der Waals surface area (Å²) >= 11 is 0. The monoisotopic (exact) mass is 343 g/mol. The van der Waals surface area contributed by atoms with Crippen molar-refractivity contribution in [2.75, 3.05) is 33.3 Å². The summed E-state index contributed by atoms with van der Waals surface area (Å²) in [5, 5.41) is 3.27. The fourth-order valence-electron chi connectivity index (χ4n) is 4.21. The predicted molar refractivity (Wildman–Crippen MR) is 98.1 cm³/mol. The Labute approximate surface area is 150 Å². The van der Waals surface area contributed by atoms with E-state index in [1.54, 1.807) is 7.11 Å². The van der Waals surface area contributed by atoms with Crippen LogP contribution in [-0.2, 0) is 0 Å². The molecular weight excluding hydrogens is 314 g/mol. The first kappa shape index (κ1) is 16.7. The van der Waals surface area contributed by atoms with Crippen LogP contribution in [0, 0.1) is 0 Å². The SMILES string of the molecule is COc1ccc(C2CCN(C(=O)NC3CCN(C4CC4)CC3)C2)cc1. The van der Waals surface area contributed by atoms with Gasteiger partial charge in [0.25, 0.3) is 0 Å². The second-order valence-corrected chi connectivity index (χ2v) is 7.70. The highest BCUT2D eigenvalue weighted by Crippen LogP contribution is 2.30. The number of hydrogen-bond donors (Lipinski definition) is 1. The first-order chi connectivity index (χ1) is 12.2. The maximum Gasteiger partial charge on any atom is 0.317 e. The second-order valence-electron chi connectivity index (χ2n) is 7.70. The van der Waals surface area contributed by atoms with Crippen LogP contribution in [-0.4, -0.2) is 61.2 Å². The van der Waals surface area contributed by atoms with Crippen LogP contribution < -0.4 is 10.1 Å². The van der Waals surface area contributed by atoms with Crippen LogP contribution in [0.2, 0.25) is 0 Å². The molecule has 5 nitrogen and oxygen atoms in total. The van der Waals surface area contributed by atoms with Crippen LogP contribution in [0.4, 0.5) is 4.79 Å². The summed E-state index contributed by atoms with van der Waals surface area (Å²) < 4.78 is 5.22. The summed E-state index contributed by atoms with van der Waals surface area (Å²) in [6.45, 7) is 3.96. The molecule has 1 aliphatic carbocycles. The van der Waals surface area contributed by atoms with Crippen LogP contribution in [0.15, 0.2) is 24.3 Å². The summed E-state index contributed by atoms with van der Waals surface area (Å²) in [6.07, 6.45) is 5.98. The van der Waals surface area contributed by atoms with Crippen LogP contribution in [0.3, 0.4) is 0 Å². The van der Waals surface area contributed by atoms with E-state index < -0.39 is 0 Å². The maximum atomic E-state index is 12.6. The number of likely N-dealkylation sites (tertiary alicyclic amines) is 2. The molecule has 1 N–H and O–H groups in total. The Morgan fingerprint density at radius 3 is 2.40 bits per heavy atom. The van der Waals surface area contributed by atoms with Gasteiger partial charge in [0.1, 0.15) is 5.75 Å². The fourth-order valence-corrected chi connectivity index (χ4v) is 4.21. The minimum absolute atomic E-state index is 0.126. The maximum absolute atomic E-state index is 12.6. The number of nitrogens with one attached hydrogen (secondary N) is 1. The lowest BCUT2D eigenvalue weighted by Gasteiger charge is -2.33. The molecule has 0 aromatic heterocycles. The van der Waals surface area contributed by atoms with Crippen molar-refractivity contribution < 1.29 is 9.53 Å². The van der Waals surface area contributed by atoms with Gasteiger partial charge in [0, 0.05) is 44.2 Å². The molecule has 1 aromatic rings. The average molecular weight is 343 g/mol. The number of carbonyl (C=O) groups excluding carboxylic acids is 1. The fraction of sp³-hybridized carbons (Fsp3) is 0.650. The zero-order valence-corrected chi connectivity index (χ0v) is 15.1. The highest BCUT2D eigenvalue weighted by Gasteiger charge is 2.33. The molecule has 2 saturated heterocycles. The number of rotatable bonds is 4. The van der Waals surface area contributed by atoms with Gasteiger partial charge in [0.15, 0.2) is 0 Å². The summed E-state index contributed by atoms with van der Waals surface area (Å²) in [5.74, 6) is 1.32. The summed E-state index contributed by atoms with van der Waals surface area (Å²) in [4.78, 5) is 17.2. The molecule has 2 aliphatic heterocycles. The molecule has 2 amide bonds. The van der Waals surface area contributed by atoms with Crippen LogP contribution in [0.1, 0.15) is 43.6 Å². The number of ether oxygens (including phenoxy) is 1. The highest BCUT2D eigenvalue weighted by molar-refractivity contribution is 5.75. The standard InChI is InChI=1S/C20H29N3O2/c1-25-19-6-2-15(3-7-19)16-8-11-23(14-16)20(24)21-17-9-12-22(13-10-17)18-4-5-18/h2-3,6-7,16-18H,4-5,8-14H2,1H3,(H,21,24). The first-order valence-electron chi connectivity index (χ1n) is 9.66. The van der Waals surface area contributed by atoms with E-state index in [9.17, 15) is 4.79 Å². The average Bonchev–Trinajstić information content (AvgIpc) is 3.38. The van der Waals surface area contributed by atoms with Crippen molar-refractivity contribution in [3.05, 3.63) is 29.8 Å². The van der Waals surface area contributed by atoms with E-state index in [-0.39, 0.29) is 6.03 Å². The highest BCUT2D eigenvalue weighted by atomic mass is 16.5. The predicted octanol–water partition coefficient (Wildman–Crippen LogP) is 2.82. The lowest BCUT2D eigenvalue weighted by Crippen LogP contribution is -2.49. The number of benzene rings is 1. The summed E-state index contributed by atoms with van der Waals surface area (Å²) in [5.41, 5.74) is 1.30. The lowest BCUT2D eigenvalue weighted by atomic mass is 9.98. The van der Waals surface area contributed by atoms with E-state index in [0.29, 0.717) is 12.0 Å². The number of hydrogen-bond acceptors (Lipinski definition) is 3. The molecule has 5 heteroatoms. The largest absolute Gasteiger partial charge is 0.497 e. The molecule has 1 unspecified atom stereocenters. The number of methoxy groups -OCH3 is 1. The minimum atomic E-state index is 0.126. The van der Waals surface area contributed by atoms with Crippen molar-refractivity contribution in [1.29, 1.82) is 0 Å². The van der Waals surface area contributed by atoms with Crippen LogP contribution in [0.5, 0.6) is 5.75 Å². The molecule has 0 bridgehead atoms. The summed E-state index contributed by atoms with van der Waals surface area (Å²) in [7, 11) is 1.69. The van der Waals surface area contributed by atoms with E-state index in [4.69, 9.17) is 4.74 Å². The third-order valence-electron chi connectivity index (χ3n) is 5.98. The smallest absolute Gasteiger partial charge is 0.317 e. The van der Waals surface area contributed by atoms with E-state index in [2.05, 4.69) is 22.3 Å². The number of carbonyl (C=O) groups is 1. The number of urea groups is 1. The molecule has 1 atom stereocenters. The number of amides is 2. The Hall–Kier alpha value is -1.75. The van der Waals surface area contributed by atoms with Gasteiger partial charge in [-0.25, -0.2) is 4.79 Å². The van der Waals surface area contributed by atoms with E-state index in [1.165, 1.54) is 18.4 Å². The van der Waals surface area contributed by atoms with Crippen molar-refractivity contribution in [1.82, 2.24) is 15.1 Å². The van der Waals surface area contributed by atoms with Gasteiger partial charge in [-0.05, 0) is 49.8 Å². The molecule has 1 saturated carbocycles. The Morgan fingerprint density at radius 1 is 1.04 bits per heavy atom. The van der Waals surface area contributed by atoms with Gasteiger partial charge < -0.3 is 19.9 Å². The molecule has 0 radical (unpaired) electrons. The van der Waals surface area contributed by atoms with E-state index >= 15 is 0 Å². The second kappa shape index (κ2) is 7.24. The number of nitrogens with zero attached hydrogens (tertiary/aromatic N) is 2. The molecular formula is C20H29N3O2. The van der Waals surface area contributed by atoms with Gasteiger partial charge in [-0.3, -0.25) is 0 Å². The Balaban J connectivity index is 1.25. The number of piperidine rings is 1. The molecule has 136 valence electrons. The molecule has 25 heavy (non-hydrogen) atoms.